The van der Waals surface area contributed by atoms with Crippen molar-refractivity contribution in [3.05, 3.63) is 59.7 Å². The van der Waals surface area contributed by atoms with Crippen LogP contribution in [0.1, 0.15) is 37.3 Å². The lowest BCUT2D eigenvalue weighted by Crippen LogP contribution is -2.48. The van der Waals surface area contributed by atoms with Gasteiger partial charge in [-0.25, -0.2) is 4.79 Å². The molecule has 2 unspecified atom stereocenters. The monoisotopic (exact) mass is 466 g/mol. The lowest BCUT2D eigenvalue weighted by Gasteiger charge is -2.30. The molecule has 2 aromatic rings. The molecule has 34 heavy (non-hydrogen) atoms. The first-order chi connectivity index (χ1) is 16.4. The van der Waals surface area contributed by atoms with E-state index in [0.717, 1.165) is 22.3 Å². The predicted molar refractivity (Wildman–Crippen MR) is 125 cm³/mol. The zero-order valence-electron chi connectivity index (χ0n) is 19.4. The lowest BCUT2D eigenvalue weighted by atomic mass is 9.98. The standard InChI is InChI=1S/C26H30N2O6/c1-3-28(23-15-33-13-22(23)25(30)31)24(29)12-16(2)27-26(32)34-14-21-19-10-6-4-8-17(19)18-9-5-7-11-20(18)21/h4-11,16,21-23H,3,12-15H2,1-2H3,(H,27,32)(H,30,31)/t16-,22?,23?/m0/s1. The number of ether oxygens (including phenoxy) is 2. The number of hydrogen-bond donors (Lipinski definition) is 2. The van der Waals surface area contributed by atoms with Crippen LogP contribution in [0.5, 0.6) is 0 Å². The number of carboxylic acid groups (broad SMARTS) is 1. The zero-order valence-corrected chi connectivity index (χ0v) is 19.4. The van der Waals surface area contributed by atoms with E-state index in [1.807, 2.05) is 24.3 Å². The summed E-state index contributed by atoms with van der Waals surface area (Å²) in [5.41, 5.74) is 4.57. The number of carbonyl (C=O) groups is 3. The fourth-order valence-electron chi connectivity index (χ4n) is 4.95. The number of fused-ring (bicyclic) bond motifs is 3. The minimum atomic E-state index is -0.974. The molecule has 0 bridgehead atoms. The second-order valence-corrected chi connectivity index (χ2v) is 8.80. The molecule has 8 nitrogen and oxygen atoms in total. The Hall–Kier alpha value is -3.39. The van der Waals surface area contributed by atoms with E-state index in [4.69, 9.17) is 9.47 Å². The van der Waals surface area contributed by atoms with Crippen LogP contribution in [0.3, 0.4) is 0 Å². The van der Waals surface area contributed by atoms with Crippen LogP contribution in [0.4, 0.5) is 4.79 Å². The Labute approximate surface area is 198 Å². The van der Waals surface area contributed by atoms with Gasteiger partial charge in [-0.3, -0.25) is 9.59 Å². The number of hydrogen-bond acceptors (Lipinski definition) is 5. The van der Waals surface area contributed by atoms with Gasteiger partial charge >= 0.3 is 12.1 Å². The Morgan fingerprint density at radius 2 is 1.71 bits per heavy atom. The maximum Gasteiger partial charge on any atom is 0.407 e. The summed E-state index contributed by atoms with van der Waals surface area (Å²) >= 11 is 0. The van der Waals surface area contributed by atoms with Crippen molar-refractivity contribution >= 4 is 18.0 Å². The molecule has 3 atom stereocenters. The summed E-state index contributed by atoms with van der Waals surface area (Å²) in [6, 6.07) is 15.2. The fraction of sp³-hybridized carbons (Fsp3) is 0.423. The van der Waals surface area contributed by atoms with E-state index < -0.39 is 30.1 Å². The Morgan fingerprint density at radius 1 is 1.09 bits per heavy atom. The molecular formula is C26H30N2O6. The van der Waals surface area contributed by atoms with Gasteiger partial charge in [0.15, 0.2) is 0 Å². The van der Waals surface area contributed by atoms with Crippen molar-refractivity contribution in [1.29, 1.82) is 0 Å². The number of amides is 2. The number of carbonyl (C=O) groups excluding carboxylic acids is 2. The number of aliphatic carboxylic acids is 1. The number of alkyl carbamates (subject to hydrolysis) is 1. The average Bonchev–Trinajstić information content (AvgIpc) is 3.41. The van der Waals surface area contributed by atoms with E-state index in [1.54, 1.807) is 13.8 Å². The molecule has 2 aromatic carbocycles. The lowest BCUT2D eigenvalue weighted by molar-refractivity contribution is -0.145. The third-order valence-electron chi connectivity index (χ3n) is 6.62. The largest absolute Gasteiger partial charge is 0.481 e. The third kappa shape index (κ3) is 4.77. The summed E-state index contributed by atoms with van der Waals surface area (Å²) in [5, 5.41) is 12.1. The number of carboxylic acids is 1. The number of likely N-dealkylation sites (N-methyl/N-ethyl adjacent to an activating group) is 1. The SMILES string of the molecule is CCN(C(=O)C[C@H](C)NC(=O)OCC1c2ccccc2-c2ccccc21)C1COCC1C(=O)O. The molecule has 2 N–H and O–H groups in total. The Balaban J connectivity index is 1.32. The van der Waals surface area contributed by atoms with E-state index in [0.29, 0.717) is 6.54 Å². The van der Waals surface area contributed by atoms with E-state index in [9.17, 15) is 19.5 Å². The van der Waals surface area contributed by atoms with Gasteiger partial charge in [-0.05, 0) is 36.1 Å². The van der Waals surface area contributed by atoms with Crippen LogP contribution in [0.15, 0.2) is 48.5 Å². The normalized spacial score (nSPS) is 19.7. The van der Waals surface area contributed by atoms with Gasteiger partial charge in [0.05, 0.1) is 19.3 Å². The molecule has 2 aliphatic rings. The van der Waals surface area contributed by atoms with Crippen molar-refractivity contribution < 1.29 is 29.0 Å². The van der Waals surface area contributed by atoms with E-state index in [-0.39, 0.29) is 38.1 Å². The predicted octanol–water partition coefficient (Wildman–Crippen LogP) is 3.25. The number of nitrogens with one attached hydrogen (secondary N) is 1. The Morgan fingerprint density at radius 3 is 2.29 bits per heavy atom. The minimum Gasteiger partial charge on any atom is -0.481 e. The molecule has 0 aromatic heterocycles. The molecule has 2 amide bonds. The van der Waals surface area contributed by atoms with Crippen molar-refractivity contribution in [2.75, 3.05) is 26.4 Å². The second-order valence-electron chi connectivity index (χ2n) is 8.80. The van der Waals surface area contributed by atoms with Crippen LogP contribution in [0.2, 0.25) is 0 Å². The summed E-state index contributed by atoms with van der Waals surface area (Å²) in [4.78, 5) is 38.3. The average molecular weight is 467 g/mol. The van der Waals surface area contributed by atoms with Crippen LogP contribution >= 0.6 is 0 Å². The maximum absolute atomic E-state index is 12.8. The fourth-order valence-corrected chi connectivity index (χ4v) is 4.95. The molecule has 8 heteroatoms. The first-order valence-corrected chi connectivity index (χ1v) is 11.6. The molecule has 1 fully saturated rings. The number of nitrogens with zero attached hydrogens (tertiary/aromatic N) is 1. The van der Waals surface area contributed by atoms with Gasteiger partial charge in [-0.15, -0.1) is 0 Å². The van der Waals surface area contributed by atoms with E-state index >= 15 is 0 Å². The van der Waals surface area contributed by atoms with Crippen molar-refractivity contribution in [2.24, 2.45) is 5.92 Å². The molecule has 180 valence electrons. The van der Waals surface area contributed by atoms with E-state index in [2.05, 4.69) is 29.6 Å². The second kappa shape index (κ2) is 10.3. The van der Waals surface area contributed by atoms with Crippen molar-refractivity contribution in [3.8, 4) is 11.1 Å². The summed E-state index contributed by atoms with van der Waals surface area (Å²) in [6.07, 6.45) is -0.543. The Kier molecular flexibility index (Phi) is 7.17. The van der Waals surface area contributed by atoms with Gasteiger partial charge in [0.2, 0.25) is 5.91 Å². The molecule has 1 aliphatic heterocycles. The summed E-state index contributed by atoms with van der Waals surface area (Å²) in [5.74, 6) is -1.98. The van der Waals surface area contributed by atoms with Gasteiger partial charge < -0.3 is 24.8 Å². The molecule has 1 saturated heterocycles. The highest BCUT2D eigenvalue weighted by Gasteiger charge is 2.39. The molecule has 4 rings (SSSR count). The van der Waals surface area contributed by atoms with Crippen LogP contribution in [-0.4, -0.2) is 66.4 Å². The third-order valence-corrected chi connectivity index (χ3v) is 6.62. The molecular weight excluding hydrogens is 436 g/mol. The molecule has 0 saturated carbocycles. The van der Waals surface area contributed by atoms with Gasteiger partial charge in [-0.2, -0.15) is 0 Å². The first kappa shape index (κ1) is 23.8. The van der Waals surface area contributed by atoms with Crippen LogP contribution in [0.25, 0.3) is 11.1 Å². The van der Waals surface area contributed by atoms with Gasteiger partial charge in [0.25, 0.3) is 0 Å². The van der Waals surface area contributed by atoms with E-state index in [1.165, 1.54) is 4.90 Å². The quantitative estimate of drug-likeness (QED) is 0.619. The zero-order chi connectivity index (χ0) is 24.2. The Bertz CT molecular complexity index is 1030. The highest BCUT2D eigenvalue weighted by Crippen LogP contribution is 2.44. The van der Waals surface area contributed by atoms with Crippen molar-refractivity contribution in [1.82, 2.24) is 10.2 Å². The maximum atomic E-state index is 12.8. The highest BCUT2D eigenvalue weighted by molar-refractivity contribution is 5.80. The van der Waals surface area contributed by atoms with Gasteiger partial charge in [-0.1, -0.05) is 48.5 Å². The molecule has 0 radical (unpaired) electrons. The molecule has 1 aliphatic carbocycles. The van der Waals surface area contributed by atoms with Gasteiger partial charge in [0, 0.05) is 24.9 Å². The van der Waals surface area contributed by atoms with Crippen LogP contribution in [-0.2, 0) is 19.1 Å². The first-order valence-electron chi connectivity index (χ1n) is 11.6. The molecule has 1 heterocycles. The van der Waals surface area contributed by atoms with Crippen molar-refractivity contribution in [2.45, 2.75) is 38.3 Å². The number of benzene rings is 2. The topological polar surface area (TPSA) is 105 Å². The van der Waals surface area contributed by atoms with Crippen molar-refractivity contribution in [3.63, 3.8) is 0 Å². The van der Waals surface area contributed by atoms with Gasteiger partial charge in [0.1, 0.15) is 12.5 Å². The minimum absolute atomic E-state index is 0.0408. The summed E-state index contributed by atoms with van der Waals surface area (Å²) in [7, 11) is 0. The van der Waals surface area contributed by atoms with Crippen LogP contribution < -0.4 is 5.32 Å². The summed E-state index contributed by atoms with van der Waals surface area (Å²) in [6.45, 7) is 4.39. The van der Waals surface area contributed by atoms with Crippen LogP contribution in [0, 0.1) is 5.92 Å². The molecule has 0 spiro atoms. The highest BCUT2D eigenvalue weighted by atomic mass is 16.5. The summed E-state index contributed by atoms with van der Waals surface area (Å²) < 4.78 is 10.9. The smallest absolute Gasteiger partial charge is 0.407 e. The number of rotatable bonds is 8.